The molecule has 0 saturated carbocycles. The van der Waals surface area contributed by atoms with Crippen molar-refractivity contribution >= 4 is 11.9 Å². The van der Waals surface area contributed by atoms with Gasteiger partial charge in [0, 0.05) is 6.42 Å². The Kier molecular flexibility index (Phi) is 4.34. The van der Waals surface area contributed by atoms with Crippen molar-refractivity contribution in [3.63, 3.8) is 0 Å². The fourth-order valence-corrected chi connectivity index (χ4v) is 1.47. The second-order valence-corrected chi connectivity index (χ2v) is 3.94. The summed E-state index contributed by atoms with van der Waals surface area (Å²) in [5, 5.41) is 11.5. The van der Waals surface area contributed by atoms with E-state index in [1.54, 1.807) is 6.92 Å². The van der Waals surface area contributed by atoms with Gasteiger partial charge in [0.1, 0.15) is 6.04 Å². The molecule has 0 aliphatic carbocycles. The fraction of sp³-hybridized carbons (Fsp3) is 0.636. The number of ether oxygens (including phenoxy) is 1. The monoisotopic (exact) mass is 227 g/mol. The summed E-state index contributed by atoms with van der Waals surface area (Å²) in [5.74, 6) is -1.43. The van der Waals surface area contributed by atoms with Gasteiger partial charge in [-0.15, -0.1) is 0 Å². The van der Waals surface area contributed by atoms with Crippen LogP contribution in [-0.4, -0.2) is 29.6 Å². The minimum Gasteiger partial charge on any atom is -0.500 e. The summed E-state index contributed by atoms with van der Waals surface area (Å²) in [6.45, 7) is 4.19. The molecule has 1 rings (SSSR count). The normalized spacial score (nSPS) is 18.2. The lowest BCUT2D eigenvalue weighted by atomic mass is 9.99. The number of nitrogens with one attached hydrogen (secondary N) is 1. The van der Waals surface area contributed by atoms with Crippen molar-refractivity contribution in [1.82, 2.24) is 5.32 Å². The standard InChI is InChI=1S/C11H17NO4/c1-3-7(2)9(11(14)15)12-10(13)8-4-5-16-6-8/h6-7,9H,3-5H2,1-2H3,(H,12,13)(H,14,15). The van der Waals surface area contributed by atoms with E-state index in [-0.39, 0.29) is 11.8 Å². The van der Waals surface area contributed by atoms with Crippen molar-refractivity contribution in [2.75, 3.05) is 6.61 Å². The summed E-state index contributed by atoms with van der Waals surface area (Å²) in [4.78, 5) is 22.6. The third kappa shape index (κ3) is 2.98. The maximum Gasteiger partial charge on any atom is 0.326 e. The minimum atomic E-state index is -0.998. The summed E-state index contributed by atoms with van der Waals surface area (Å²) >= 11 is 0. The Morgan fingerprint density at radius 2 is 2.31 bits per heavy atom. The molecule has 1 amide bonds. The Morgan fingerprint density at radius 3 is 2.75 bits per heavy atom. The Labute approximate surface area is 94.5 Å². The van der Waals surface area contributed by atoms with Gasteiger partial charge in [-0.2, -0.15) is 0 Å². The van der Waals surface area contributed by atoms with Crippen LogP contribution in [0.2, 0.25) is 0 Å². The predicted molar refractivity (Wildman–Crippen MR) is 57.7 cm³/mol. The van der Waals surface area contributed by atoms with Crippen LogP contribution in [0.15, 0.2) is 11.8 Å². The SMILES string of the molecule is CCC(C)C(NC(=O)C1=COCC1)C(=O)O. The van der Waals surface area contributed by atoms with Gasteiger partial charge in [-0.25, -0.2) is 4.79 Å². The molecular weight excluding hydrogens is 210 g/mol. The van der Waals surface area contributed by atoms with Gasteiger partial charge in [0.25, 0.3) is 5.91 Å². The van der Waals surface area contributed by atoms with E-state index in [2.05, 4.69) is 5.32 Å². The lowest BCUT2D eigenvalue weighted by molar-refractivity contribution is -0.142. The number of hydrogen-bond donors (Lipinski definition) is 2. The molecule has 1 heterocycles. The third-order valence-corrected chi connectivity index (χ3v) is 2.77. The molecule has 0 saturated heterocycles. The van der Waals surface area contributed by atoms with Crippen molar-refractivity contribution < 1.29 is 19.4 Å². The lowest BCUT2D eigenvalue weighted by Gasteiger charge is -2.20. The molecule has 5 heteroatoms. The fourth-order valence-electron chi connectivity index (χ4n) is 1.47. The smallest absolute Gasteiger partial charge is 0.326 e. The average molecular weight is 227 g/mol. The molecule has 16 heavy (non-hydrogen) atoms. The molecule has 2 N–H and O–H groups in total. The first-order valence-corrected chi connectivity index (χ1v) is 5.40. The zero-order valence-electron chi connectivity index (χ0n) is 9.53. The minimum absolute atomic E-state index is 0.0932. The zero-order valence-corrected chi connectivity index (χ0v) is 9.53. The van der Waals surface area contributed by atoms with E-state index < -0.39 is 12.0 Å². The summed E-state index contributed by atoms with van der Waals surface area (Å²) in [6.07, 6.45) is 2.64. The molecule has 0 aromatic rings. The number of amides is 1. The van der Waals surface area contributed by atoms with E-state index in [9.17, 15) is 9.59 Å². The summed E-state index contributed by atoms with van der Waals surface area (Å²) in [6, 6.07) is -0.834. The predicted octanol–water partition coefficient (Wildman–Crippen LogP) is 0.906. The Bertz CT molecular complexity index is 311. The summed E-state index contributed by atoms with van der Waals surface area (Å²) in [5.41, 5.74) is 0.509. The Hall–Kier alpha value is -1.52. The van der Waals surface area contributed by atoms with Crippen LogP contribution in [0.5, 0.6) is 0 Å². The molecular formula is C11H17NO4. The topological polar surface area (TPSA) is 75.6 Å². The second kappa shape index (κ2) is 5.53. The number of carboxylic acids is 1. The van der Waals surface area contributed by atoms with Crippen LogP contribution in [-0.2, 0) is 14.3 Å². The molecule has 0 radical (unpaired) electrons. The molecule has 1 aliphatic heterocycles. The molecule has 0 fully saturated rings. The highest BCUT2D eigenvalue weighted by Gasteiger charge is 2.27. The first kappa shape index (κ1) is 12.5. The molecule has 0 aromatic heterocycles. The van der Waals surface area contributed by atoms with Crippen molar-refractivity contribution in [2.24, 2.45) is 5.92 Å². The van der Waals surface area contributed by atoms with Crippen LogP contribution < -0.4 is 5.32 Å². The molecule has 5 nitrogen and oxygen atoms in total. The number of carbonyl (C=O) groups excluding carboxylic acids is 1. The van der Waals surface area contributed by atoms with Crippen LogP contribution in [0.3, 0.4) is 0 Å². The number of carboxylic acid groups (broad SMARTS) is 1. The zero-order chi connectivity index (χ0) is 12.1. The molecule has 90 valence electrons. The number of rotatable bonds is 5. The van der Waals surface area contributed by atoms with Gasteiger partial charge >= 0.3 is 5.97 Å². The van der Waals surface area contributed by atoms with Gasteiger partial charge in [0.2, 0.25) is 0 Å². The van der Waals surface area contributed by atoms with Crippen LogP contribution in [0.1, 0.15) is 26.7 Å². The second-order valence-electron chi connectivity index (χ2n) is 3.94. The van der Waals surface area contributed by atoms with E-state index in [1.165, 1.54) is 6.26 Å². The molecule has 1 aliphatic rings. The van der Waals surface area contributed by atoms with Gasteiger partial charge in [0.05, 0.1) is 18.4 Å². The van der Waals surface area contributed by atoms with E-state index in [4.69, 9.17) is 9.84 Å². The van der Waals surface area contributed by atoms with Gasteiger partial charge in [-0.05, 0) is 5.92 Å². The Balaban J connectivity index is 2.61. The summed E-state index contributed by atoms with van der Waals surface area (Å²) < 4.78 is 4.94. The number of hydrogen-bond acceptors (Lipinski definition) is 3. The van der Waals surface area contributed by atoms with Crippen LogP contribution in [0, 0.1) is 5.92 Å². The van der Waals surface area contributed by atoms with Crippen molar-refractivity contribution in [1.29, 1.82) is 0 Å². The first-order valence-electron chi connectivity index (χ1n) is 5.40. The average Bonchev–Trinajstić information content (AvgIpc) is 2.77. The highest BCUT2D eigenvalue weighted by atomic mass is 16.5. The summed E-state index contributed by atoms with van der Waals surface area (Å²) in [7, 11) is 0. The van der Waals surface area contributed by atoms with Gasteiger partial charge in [0.15, 0.2) is 0 Å². The molecule has 2 unspecified atom stereocenters. The number of aliphatic carboxylic acids is 1. The highest BCUT2D eigenvalue weighted by Crippen LogP contribution is 2.13. The first-order chi connectivity index (χ1) is 7.56. The van der Waals surface area contributed by atoms with Gasteiger partial charge in [-0.3, -0.25) is 4.79 Å². The van der Waals surface area contributed by atoms with Crippen molar-refractivity contribution in [3.05, 3.63) is 11.8 Å². The maximum atomic E-state index is 11.7. The molecule has 0 bridgehead atoms. The van der Waals surface area contributed by atoms with Crippen molar-refractivity contribution in [3.8, 4) is 0 Å². The third-order valence-electron chi connectivity index (χ3n) is 2.77. The van der Waals surface area contributed by atoms with E-state index in [0.29, 0.717) is 25.0 Å². The number of carbonyl (C=O) groups is 2. The van der Waals surface area contributed by atoms with Gasteiger partial charge < -0.3 is 15.2 Å². The van der Waals surface area contributed by atoms with Crippen LogP contribution in [0.25, 0.3) is 0 Å². The van der Waals surface area contributed by atoms with Gasteiger partial charge in [-0.1, -0.05) is 20.3 Å². The molecule has 0 aromatic carbocycles. The van der Waals surface area contributed by atoms with Crippen LogP contribution >= 0.6 is 0 Å². The van der Waals surface area contributed by atoms with Crippen LogP contribution in [0.4, 0.5) is 0 Å². The molecule has 2 atom stereocenters. The maximum absolute atomic E-state index is 11.7. The molecule has 0 spiro atoms. The van der Waals surface area contributed by atoms with E-state index in [1.807, 2.05) is 6.92 Å². The van der Waals surface area contributed by atoms with Crippen molar-refractivity contribution in [2.45, 2.75) is 32.7 Å². The lowest BCUT2D eigenvalue weighted by Crippen LogP contribution is -2.45. The highest BCUT2D eigenvalue weighted by molar-refractivity contribution is 5.96. The van der Waals surface area contributed by atoms with E-state index >= 15 is 0 Å². The quantitative estimate of drug-likeness (QED) is 0.731. The largest absolute Gasteiger partial charge is 0.500 e. The van der Waals surface area contributed by atoms with E-state index in [0.717, 1.165) is 0 Å². The Morgan fingerprint density at radius 1 is 1.62 bits per heavy atom.